The molecule has 0 aliphatic rings. The predicted molar refractivity (Wildman–Crippen MR) is 127 cm³/mol. The minimum atomic E-state index is -0.631. The highest BCUT2D eigenvalue weighted by Crippen LogP contribution is 2.33. The number of nitro groups is 1. The lowest BCUT2D eigenvalue weighted by molar-refractivity contribution is -0.385. The summed E-state index contributed by atoms with van der Waals surface area (Å²) in [5, 5.41) is 16.3. The number of rotatable bonds is 6. The molecule has 33 heavy (non-hydrogen) atoms. The van der Waals surface area contributed by atoms with Gasteiger partial charge < -0.3 is 4.74 Å². The second-order valence-electron chi connectivity index (χ2n) is 6.77. The van der Waals surface area contributed by atoms with Gasteiger partial charge in [-0.05, 0) is 18.2 Å². The van der Waals surface area contributed by atoms with Crippen molar-refractivity contribution < 1.29 is 9.66 Å². The van der Waals surface area contributed by atoms with Crippen molar-refractivity contribution in [3.63, 3.8) is 0 Å². The van der Waals surface area contributed by atoms with E-state index in [1.807, 2.05) is 18.2 Å². The second kappa shape index (κ2) is 9.34. The van der Waals surface area contributed by atoms with Gasteiger partial charge in [-0.15, -0.1) is 6.42 Å². The Bertz CT molecular complexity index is 1490. The number of fused-ring (bicyclic) bond motifs is 1. The van der Waals surface area contributed by atoms with Gasteiger partial charge in [-0.25, -0.2) is 4.98 Å². The molecule has 0 unspecified atom stereocenters. The van der Waals surface area contributed by atoms with E-state index in [-0.39, 0.29) is 28.6 Å². The van der Waals surface area contributed by atoms with Crippen molar-refractivity contribution in [2.75, 3.05) is 6.61 Å². The molecule has 8 nitrogen and oxygen atoms in total. The molecule has 0 atom stereocenters. The third-order valence-electron chi connectivity index (χ3n) is 4.66. The highest BCUT2D eigenvalue weighted by molar-refractivity contribution is 6.31. The van der Waals surface area contributed by atoms with Crippen molar-refractivity contribution in [2.45, 2.75) is 0 Å². The van der Waals surface area contributed by atoms with Crippen LogP contribution in [0.15, 0.2) is 76.6 Å². The molecular formula is C24H15ClN4O4. The molecule has 1 heterocycles. The molecule has 1 aromatic heterocycles. The minimum absolute atomic E-state index is 0.100. The van der Waals surface area contributed by atoms with Crippen LogP contribution in [0.1, 0.15) is 5.56 Å². The number of aromatic nitrogens is 2. The number of benzene rings is 3. The van der Waals surface area contributed by atoms with E-state index in [0.29, 0.717) is 22.3 Å². The lowest BCUT2D eigenvalue weighted by atomic mass is 10.2. The summed E-state index contributed by atoms with van der Waals surface area (Å²) < 4.78 is 6.54. The Morgan fingerprint density at radius 1 is 1.18 bits per heavy atom. The maximum absolute atomic E-state index is 13.3. The Hall–Kier alpha value is -4.48. The average Bonchev–Trinajstić information content (AvgIpc) is 2.82. The van der Waals surface area contributed by atoms with Gasteiger partial charge in [-0.3, -0.25) is 14.9 Å². The maximum atomic E-state index is 13.3. The van der Waals surface area contributed by atoms with Gasteiger partial charge in [-0.1, -0.05) is 60.0 Å². The van der Waals surface area contributed by atoms with Crippen molar-refractivity contribution >= 4 is 34.4 Å². The van der Waals surface area contributed by atoms with Crippen molar-refractivity contribution in [3.8, 4) is 29.5 Å². The molecule has 0 spiro atoms. The molecule has 0 amide bonds. The van der Waals surface area contributed by atoms with Crippen molar-refractivity contribution in [1.29, 1.82) is 0 Å². The minimum Gasteiger partial charge on any atom is -0.473 e. The first-order chi connectivity index (χ1) is 16.0. The van der Waals surface area contributed by atoms with Crippen LogP contribution in [0.5, 0.6) is 5.75 Å². The van der Waals surface area contributed by atoms with Crippen LogP contribution >= 0.6 is 11.6 Å². The smallest absolute Gasteiger partial charge is 0.313 e. The molecule has 9 heteroatoms. The van der Waals surface area contributed by atoms with E-state index >= 15 is 0 Å². The van der Waals surface area contributed by atoms with Crippen LogP contribution < -0.4 is 10.3 Å². The van der Waals surface area contributed by atoms with E-state index in [1.54, 1.807) is 36.4 Å². The van der Waals surface area contributed by atoms with Gasteiger partial charge in [0.05, 0.1) is 22.0 Å². The molecule has 4 rings (SSSR count). The second-order valence-corrected chi connectivity index (χ2v) is 7.21. The summed E-state index contributed by atoms with van der Waals surface area (Å²) in [4.78, 5) is 28.7. The molecule has 0 fully saturated rings. The Balaban J connectivity index is 1.94. The van der Waals surface area contributed by atoms with Gasteiger partial charge in [0.15, 0.2) is 5.82 Å². The number of hydrogen-bond acceptors (Lipinski definition) is 6. The first-order valence-electron chi connectivity index (χ1n) is 9.65. The molecule has 0 N–H and O–H groups in total. The molecule has 0 saturated carbocycles. The Kier molecular flexibility index (Phi) is 6.15. The van der Waals surface area contributed by atoms with Gasteiger partial charge in [0.1, 0.15) is 6.61 Å². The fourth-order valence-corrected chi connectivity index (χ4v) is 3.45. The van der Waals surface area contributed by atoms with E-state index in [1.165, 1.54) is 12.3 Å². The van der Waals surface area contributed by atoms with E-state index in [2.05, 4.69) is 16.0 Å². The zero-order valence-corrected chi connectivity index (χ0v) is 17.8. The molecule has 3 aromatic carbocycles. The summed E-state index contributed by atoms with van der Waals surface area (Å²) in [6.07, 6.45) is 6.51. The molecule has 0 saturated heterocycles. The fraction of sp³-hybridized carbons (Fsp3) is 0.0417. The summed E-state index contributed by atoms with van der Waals surface area (Å²) in [6, 6.07) is 18.6. The van der Waals surface area contributed by atoms with Crippen molar-refractivity contribution in [3.05, 3.63) is 97.8 Å². The van der Waals surface area contributed by atoms with Crippen LogP contribution in [0.3, 0.4) is 0 Å². The largest absolute Gasteiger partial charge is 0.473 e. The monoisotopic (exact) mass is 458 g/mol. The number of halogens is 1. The van der Waals surface area contributed by atoms with Crippen molar-refractivity contribution in [1.82, 2.24) is 9.66 Å². The standard InChI is InChI=1S/C24H15ClN4O4/c1-2-12-33-22-17(13-18(25)14-21(22)29(31)32)15-26-28-23(16-8-4-3-5-9-16)27-20-11-7-6-10-19(20)24(28)30/h1,3-11,13-15H,12H2. The molecule has 4 aromatic rings. The quantitative estimate of drug-likeness (QED) is 0.183. The number of ether oxygens (including phenoxy) is 1. The van der Waals surface area contributed by atoms with Gasteiger partial charge >= 0.3 is 5.69 Å². The molecule has 0 aliphatic heterocycles. The normalized spacial score (nSPS) is 10.9. The van der Waals surface area contributed by atoms with E-state index in [9.17, 15) is 14.9 Å². The first-order valence-corrected chi connectivity index (χ1v) is 10.0. The van der Waals surface area contributed by atoms with Gasteiger partial charge in [0.2, 0.25) is 5.75 Å². The zero-order valence-electron chi connectivity index (χ0n) is 17.0. The van der Waals surface area contributed by atoms with Gasteiger partial charge in [0.25, 0.3) is 5.56 Å². The van der Waals surface area contributed by atoms with E-state index < -0.39 is 10.5 Å². The number of para-hydroxylation sites is 1. The van der Waals surface area contributed by atoms with Crippen LogP contribution in [0.4, 0.5) is 5.69 Å². The van der Waals surface area contributed by atoms with Gasteiger partial charge in [-0.2, -0.15) is 9.78 Å². The SMILES string of the molecule is C#CCOc1c(C=Nn2c(-c3ccccc3)nc3ccccc3c2=O)cc(Cl)cc1[N+](=O)[O-]. The molecule has 0 bridgehead atoms. The van der Waals surface area contributed by atoms with Crippen LogP contribution in [0.2, 0.25) is 5.02 Å². The van der Waals surface area contributed by atoms with Gasteiger partial charge in [0, 0.05) is 22.2 Å². The lowest BCUT2D eigenvalue weighted by Crippen LogP contribution is -2.20. The van der Waals surface area contributed by atoms with Crippen LogP contribution in [0, 0.1) is 22.5 Å². The van der Waals surface area contributed by atoms with E-state index in [4.69, 9.17) is 22.8 Å². The average molecular weight is 459 g/mol. The predicted octanol–water partition coefficient (Wildman–Crippen LogP) is 4.52. The van der Waals surface area contributed by atoms with Crippen LogP contribution in [-0.4, -0.2) is 27.4 Å². The Labute approximate surface area is 192 Å². The molecular weight excluding hydrogens is 444 g/mol. The van der Waals surface area contributed by atoms with Crippen molar-refractivity contribution in [2.24, 2.45) is 5.10 Å². The summed E-state index contributed by atoms with van der Waals surface area (Å²) in [5.41, 5.74) is 0.593. The summed E-state index contributed by atoms with van der Waals surface area (Å²) >= 11 is 6.08. The molecule has 162 valence electrons. The number of terminal acetylenes is 1. The van der Waals surface area contributed by atoms with E-state index in [0.717, 1.165) is 10.7 Å². The highest BCUT2D eigenvalue weighted by atomic mass is 35.5. The summed E-state index contributed by atoms with van der Waals surface area (Å²) in [7, 11) is 0. The number of nitrogens with zero attached hydrogens (tertiary/aromatic N) is 4. The fourth-order valence-electron chi connectivity index (χ4n) is 3.23. The Morgan fingerprint density at radius 2 is 1.91 bits per heavy atom. The highest BCUT2D eigenvalue weighted by Gasteiger charge is 2.21. The maximum Gasteiger partial charge on any atom is 0.313 e. The Morgan fingerprint density at radius 3 is 2.64 bits per heavy atom. The van der Waals surface area contributed by atoms with Crippen LogP contribution in [-0.2, 0) is 0 Å². The third-order valence-corrected chi connectivity index (χ3v) is 4.88. The van der Waals surface area contributed by atoms with Crippen LogP contribution in [0.25, 0.3) is 22.3 Å². The number of hydrogen-bond donors (Lipinski definition) is 0. The zero-order chi connectivity index (χ0) is 23.4. The molecule has 0 aliphatic carbocycles. The molecule has 0 radical (unpaired) electrons. The number of nitro benzene ring substituents is 1. The summed E-state index contributed by atoms with van der Waals surface area (Å²) in [5.74, 6) is 2.47. The lowest BCUT2D eigenvalue weighted by Gasteiger charge is -2.10. The summed E-state index contributed by atoms with van der Waals surface area (Å²) in [6.45, 7) is -0.198. The first kappa shape index (κ1) is 21.7. The topological polar surface area (TPSA) is 99.6 Å². The third kappa shape index (κ3) is 4.44.